The molecule has 2 aliphatic heterocycles. The molecule has 0 saturated carbocycles. The van der Waals surface area contributed by atoms with Gasteiger partial charge in [-0.15, -0.1) is 0 Å². The van der Waals surface area contributed by atoms with E-state index >= 15 is 0 Å². The summed E-state index contributed by atoms with van der Waals surface area (Å²) in [4.78, 5) is 2.61. The highest BCUT2D eigenvalue weighted by molar-refractivity contribution is 7.89. The summed E-state index contributed by atoms with van der Waals surface area (Å²) in [6.45, 7) is 5.01. The van der Waals surface area contributed by atoms with E-state index in [2.05, 4.69) is 11.8 Å². The Labute approximate surface area is 172 Å². The zero-order chi connectivity index (χ0) is 20.6. The van der Waals surface area contributed by atoms with Crippen LogP contribution in [0.5, 0.6) is 5.75 Å². The second-order valence-corrected chi connectivity index (χ2v) is 9.57. The van der Waals surface area contributed by atoms with Gasteiger partial charge in [-0.3, -0.25) is 4.90 Å². The number of rotatable bonds is 4. The minimum Gasteiger partial charge on any atom is -0.496 e. The molecule has 2 fully saturated rings. The van der Waals surface area contributed by atoms with Gasteiger partial charge in [-0.1, -0.05) is 12.1 Å². The Balaban J connectivity index is 1.66. The predicted molar refractivity (Wildman–Crippen MR) is 112 cm³/mol. The monoisotopic (exact) mass is 417 g/mol. The van der Waals surface area contributed by atoms with Crippen molar-refractivity contribution in [1.82, 2.24) is 9.21 Å². The lowest BCUT2D eigenvalue weighted by atomic mass is 10.0. The van der Waals surface area contributed by atoms with Crippen molar-refractivity contribution < 1.29 is 17.9 Å². The summed E-state index contributed by atoms with van der Waals surface area (Å²) in [5.74, 6) is 0.605. The smallest absolute Gasteiger partial charge is 0.243 e. The van der Waals surface area contributed by atoms with Gasteiger partial charge in [0, 0.05) is 43.0 Å². The van der Waals surface area contributed by atoms with Crippen molar-refractivity contribution >= 4 is 15.7 Å². The standard InChI is InChI=1S/C21H27N3O4S/c1-15-13-28-14-18-12-23(8-9-24(15)18)29(25,26)19-6-7-21(27-2)20(11-19)16-4-3-5-17(22)10-16/h3-7,10-11,15,18H,8-9,12-14,22H2,1-2H3/t15-,18+/m0/s1. The Kier molecular flexibility index (Phi) is 5.52. The van der Waals surface area contributed by atoms with Gasteiger partial charge in [-0.05, 0) is 42.8 Å². The van der Waals surface area contributed by atoms with Gasteiger partial charge in [-0.2, -0.15) is 4.31 Å². The molecular formula is C21H27N3O4S. The Morgan fingerprint density at radius 3 is 2.72 bits per heavy atom. The Morgan fingerprint density at radius 1 is 1.14 bits per heavy atom. The fraction of sp³-hybridized carbons (Fsp3) is 0.429. The number of nitrogens with zero attached hydrogens (tertiary/aromatic N) is 2. The highest BCUT2D eigenvalue weighted by Gasteiger charge is 2.38. The number of nitrogen functional groups attached to an aromatic ring is 1. The topological polar surface area (TPSA) is 85.1 Å². The van der Waals surface area contributed by atoms with Gasteiger partial charge < -0.3 is 15.2 Å². The lowest BCUT2D eigenvalue weighted by Gasteiger charge is -2.46. The van der Waals surface area contributed by atoms with Gasteiger partial charge in [-0.25, -0.2) is 8.42 Å². The van der Waals surface area contributed by atoms with Crippen molar-refractivity contribution in [2.45, 2.75) is 23.9 Å². The number of morpholine rings is 1. The average Bonchev–Trinajstić information content (AvgIpc) is 2.73. The number of nitrogens with two attached hydrogens (primary N) is 1. The molecule has 0 unspecified atom stereocenters. The lowest BCUT2D eigenvalue weighted by molar-refractivity contribution is -0.0634. The summed E-state index contributed by atoms with van der Waals surface area (Å²) in [5.41, 5.74) is 8.05. The van der Waals surface area contributed by atoms with E-state index in [-0.39, 0.29) is 10.9 Å². The van der Waals surface area contributed by atoms with Crippen LogP contribution in [0.3, 0.4) is 0 Å². The van der Waals surface area contributed by atoms with Crippen LogP contribution in [-0.4, -0.2) is 69.7 Å². The van der Waals surface area contributed by atoms with Crippen molar-refractivity contribution in [1.29, 1.82) is 0 Å². The number of piperazine rings is 1. The molecule has 0 aliphatic carbocycles. The van der Waals surface area contributed by atoms with Crippen LogP contribution in [0.15, 0.2) is 47.4 Å². The number of methoxy groups -OCH3 is 1. The Bertz CT molecular complexity index is 995. The normalized spacial score (nSPS) is 23.5. The van der Waals surface area contributed by atoms with E-state index in [0.717, 1.165) is 5.56 Å². The number of fused-ring (bicyclic) bond motifs is 1. The van der Waals surface area contributed by atoms with Crippen LogP contribution in [0.1, 0.15) is 6.92 Å². The van der Waals surface area contributed by atoms with E-state index in [1.54, 1.807) is 35.7 Å². The van der Waals surface area contributed by atoms with Crippen molar-refractivity contribution in [2.24, 2.45) is 0 Å². The Morgan fingerprint density at radius 2 is 1.97 bits per heavy atom. The first-order chi connectivity index (χ1) is 13.9. The molecule has 2 aromatic rings. The van der Waals surface area contributed by atoms with Crippen molar-refractivity contribution in [2.75, 3.05) is 45.7 Å². The zero-order valence-corrected chi connectivity index (χ0v) is 17.6. The molecule has 0 aromatic heterocycles. The summed E-state index contributed by atoms with van der Waals surface area (Å²) in [6, 6.07) is 12.7. The van der Waals surface area contributed by atoms with Gasteiger partial charge >= 0.3 is 0 Å². The molecule has 4 rings (SSSR count). The fourth-order valence-corrected chi connectivity index (χ4v) is 5.68. The molecule has 2 saturated heterocycles. The molecule has 0 spiro atoms. The van der Waals surface area contributed by atoms with Crippen LogP contribution in [0.2, 0.25) is 0 Å². The number of ether oxygens (including phenoxy) is 2. The quantitative estimate of drug-likeness (QED) is 0.767. The van der Waals surface area contributed by atoms with Crippen molar-refractivity contribution in [3.8, 4) is 16.9 Å². The largest absolute Gasteiger partial charge is 0.496 e. The molecule has 29 heavy (non-hydrogen) atoms. The maximum absolute atomic E-state index is 13.4. The van der Waals surface area contributed by atoms with E-state index in [4.69, 9.17) is 15.2 Å². The molecule has 2 aromatic carbocycles. The van der Waals surface area contributed by atoms with Gasteiger partial charge in [0.05, 0.1) is 25.2 Å². The molecule has 2 atom stereocenters. The number of hydrogen-bond acceptors (Lipinski definition) is 6. The van der Waals surface area contributed by atoms with Crippen LogP contribution < -0.4 is 10.5 Å². The molecule has 0 amide bonds. The number of benzene rings is 2. The van der Waals surface area contributed by atoms with E-state index < -0.39 is 10.0 Å². The van der Waals surface area contributed by atoms with E-state index in [0.29, 0.717) is 55.9 Å². The van der Waals surface area contributed by atoms with E-state index in [9.17, 15) is 8.42 Å². The highest BCUT2D eigenvalue weighted by Crippen LogP contribution is 2.34. The van der Waals surface area contributed by atoms with Crippen LogP contribution >= 0.6 is 0 Å². The third-order valence-corrected chi connectivity index (χ3v) is 7.59. The lowest BCUT2D eigenvalue weighted by Crippen LogP contribution is -2.61. The second-order valence-electron chi connectivity index (χ2n) is 7.63. The van der Waals surface area contributed by atoms with E-state index in [1.807, 2.05) is 18.2 Å². The SMILES string of the molecule is COc1ccc(S(=O)(=O)N2CCN3[C@@H](COC[C@@H]3C)C2)cc1-c1cccc(N)c1. The number of hydrogen-bond donors (Lipinski definition) is 1. The molecule has 0 bridgehead atoms. The summed E-state index contributed by atoms with van der Waals surface area (Å²) >= 11 is 0. The number of anilines is 1. The minimum atomic E-state index is -3.63. The van der Waals surface area contributed by atoms with Gasteiger partial charge in [0.25, 0.3) is 0 Å². The molecule has 0 radical (unpaired) electrons. The number of sulfonamides is 1. The maximum Gasteiger partial charge on any atom is 0.243 e. The van der Waals surface area contributed by atoms with Crippen molar-refractivity contribution in [3.05, 3.63) is 42.5 Å². The average molecular weight is 418 g/mol. The molecule has 7 nitrogen and oxygen atoms in total. The summed E-state index contributed by atoms with van der Waals surface area (Å²) in [5, 5.41) is 0. The van der Waals surface area contributed by atoms with Gasteiger partial charge in [0.2, 0.25) is 10.0 Å². The summed E-state index contributed by atoms with van der Waals surface area (Å²) in [6.07, 6.45) is 0. The predicted octanol–water partition coefficient (Wildman–Crippen LogP) is 2.04. The summed E-state index contributed by atoms with van der Waals surface area (Å²) < 4.78 is 39.5. The minimum absolute atomic E-state index is 0.0916. The molecule has 8 heteroatoms. The van der Waals surface area contributed by atoms with Crippen LogP contribution in [0.25, 0.3) is 11.1 Å². The fourth-order valence-electron chi connectivity index (χ4n) is 4.19. The second kappa shape index (κ2) is 7.95. The molecule has 156 valence electrons. The van der Waals surface area contributed by atoms with Crippen molar-refractivity contribution in [3.63, 3.8) is 0 Å². The zero-order valence-electron chi connectivity index (χ0n) is 16.7. The van der Waals surface area contributed by atoms with E-state index in [1.165, 1.54) is 0 Å². The molecule has 2 heterocycles. The third-order valence-electron chi connectivity index (χ3n) is 5.73. The maximum atomic E-state index is 13.4. The highest BCUT2D eigenvalue weighted by atomic mass is 32.2. The van der Waals surface area contributed by atoms with Crippen LogP contribution in [0, 0.1) is 0 Å². The van der Waals surface area contributed by atoms with Gasteiger partial charge in [0.1, 0.15) is 5.75 Å². The molecule has 2 aliphatic rings. The first-order valence-corrected chi connectivity index (χ1v) is 11.2. The molecular weight excluding hydrogens is 390 g/mol. The van der Waals surface area contributed by atoms with Gasteiger partial charge in [0.15, 0.2) is 0 Å². The summed E-state index contributed by atoms with van der Waals surface area (Å²) in [7, 11) is -2.06. The third kappa shape index (κ3) is 3.85. The first-order valence-electron chi connectivity index (χ1n) is 9.78. The Hall–Kier alpha value is -2.13. The first kappa shape index (κ1) is 20.2. The van der Waals surface area contributed by atoms with Crippen LogP contribution in [0.4, 0.5) is 5.69 Å². The van der Waals surface area contributed by atoms with Crippen LogP contribution in [-0.2, 0) is 14.8 Å². The molecule has 2 N–H and O–H groups in total.